The van der Waals surface area contributed by atoms with Crippen LogP contribution < -0.4 is 5.32 Å². The monoisotopic (exact) mass is 275 g/mol. The molecule has 2 aromatic rings. The highest BCUT2D eigenvalue weighted by molar-refractivity contribution is 6.30. The molecule has 3 heteroatoms. The van der Waals surface area contributed by atoms with E-state index in [4.69, 9.17) is 11.6 Å². The summed E-state index contributed by atoms with van der Waals surface area (Å²) in [6.45, 7) is 0.950. The van der Waals surface area contributed by atoms with Crippen LogP contribution in [0.25, 0.3) is 0 Å². The summed E-state index contributed by atoms with van der Waals surface area (Å²) in [7, 11) is 0. The zero-order chi connectivity index (χ0) is 13.2. The lowest BCUT2D eigenvalue weighted by atomic mass is 9.89. The second-order valence-electron chi connectivity index (χ2n) is 5.08. The van der Waals surface area contributed by atoms with Gasteiger partial charge >= 0.3 is 0 Å². The molecule has 0 fully saturated rings. The van der Waals surface area contributed by atoms with E-state index in [1.807, 2.05) is 30.3 Å². The molecule has 2 aromatic carbocycles. The second kappa shape index (κ2) is 5.22. The van der Waals surface area contributed by atoms with Crippen LogP contribution in [0.2, 0.25) is 5.02 Å². The third-order valence-corrected chi connectivity index (χ3v) is 3.83. The molecule has 0 aliphatic carbocycles. The Kier molecular flexibility index (Phi) is 3.43. The molecule has 1 aliphatic rings. The SMILES string of the molecule is Fc1ccc(CC2CNc3ccc(Cl)cc3C2)cc1. The lowest BCUT2D eigenvalue weighted by molar-refractivity contribution is 0.534. The predicted octanol–water partition coefficient (Wildman–Crippen LogP) is 4.31. The number of benzene rings is 2. The molecule has 0 radical (unpaired) electrons. The summed E-state index contributed by atoms with van der Waals surface area (Å²) < 4.78 is 12.9. The maximum Gasteiger partial charge on any atom is 0.123 e. The molecule has 1 atom stereocenters. The Hall–Kier alpha value is -1.54. The smallest absolute Gasteiger partial charge is 0.123 e. The summed E-state index contributed by atoms with van der Waals surface area (Å²) >= 11 is 6.03. The van der Waals surface area contributed by atoms with Gasteiger partial charge in [-0.1, -0.05) is 23.7 Å². The molecule has 1 heterocycles. The molecule has 0 aromatic heterocycles. The third kappa shape index (κ3) is 2.90. The molecule has 1 N–H and O–H groups in total. The van der Waals surface area contributed by atoms with E-state index in [0.717, 1.165) is 24.4 Å². The van der Waals surface area contributed by atoms with E-state index >= 15 is 0 Å². The maximum absolute atomic E-state index is 12.9. The van der Waals surface area contributed by atoms with E-state index < -0.39 is 0 Å². The summed E-state index contributed by atoms with van der Waals surface area (Å²) in [5.41, 5.74) is 3.63. The van der Waals surface area contributed by atoms with Crippen molar-refractivity contribution in [1.82, 2.24) is 0 Å². The number of anilines is 1. The lowest BCUT2D eigenvalue weighted by Crippen LogP contribution is -2.24. The Bertz CT molecular complexity index is 580. The minimum atomic E-state index is -0.178. The van der Waals surface area contributed by atoms with E-state index in [1.54, 1.807) is 0 Å². The standard InChI is InChI=1S/C16H15ClFN/c17-14-3-6-16-13(9-14)8-12(10-19-16)7-11-1-4-15(18)5-2-11/h1-6,9,12,19H,7-8,10H2. The van der Waals surface area contributed by atoms with E-state index in [-0.39, 0.29) is 5.82 Å². The van der Waals surface area contributed by atoms with Gasteiger partial charge in [0.1, 0.15) is 5.82 Å². The molecule has 0 bridgehead atoms. The van der Waals surface area contributed by atoms with Gasteiger partial charge in [-0.25, -0.2) is 4.39 Å². The Morgan fingerprint density at radius 2 is 1.95 bits per heavy atom. The molecule has 0 spiro atoms. The largest absolute Gasteiger partial charge is 0.385 e. The fourth-order valence-corrected chi connectivity index (χ4v) is 2.83. The summed E-state index contributed by atoms with van der Waals surface area (Å²) in [5, 5.41) is 4.22. The van der Waals surface area contributed by atoms with Crippen molar-refractivity contribution in [2.24, 2.45) is 5.92 Å². The van der Waals surface area contributed by atoms with Crippen LogP contribution in [0.4, 0.5) is 10.1 Å². The van der Waals surface area contributed by atoms with Crippen LogP contribution in [0.1, 0.15) is 11.1 Å². The van der Waals surface area contributed by atoms with Gasteiger partial charge in [0, 0.05) is 17.3 Å². The van der Waals surface area contributed by atoms with E-state index in [0.29, 0.717) is 5.92 Å². The Labute approximate surface area is 117 Å². The van der Waals surface area contributed by atoms with E-state index in [2.05, 4.69) is 5.32 Å². The minimum absolute atomic E-state index is 0.178. The van der Waals surface area contributed by atoms with Gasteiger partial charge in [-0.05, 0) is 60.2 Å². The van der Waals surface area contributed by atoms with Crippen molar-refractivity contribution >= 4 is 17.3 Å². The van der Waals surface area contributed by atoms with Gasteiger partial charge in [0.2, 0.25) is 0 Å². The summed E-state index contributed by atoms with van der Waals surface area (Å²) in [5.74, 6) is 0.346. The number of fused-ring (bicyclic) bond motifs is 1. The predicted molar refractivity (Wildman–Crippen MR) is 77.2 cm³/mol. The third-order valence-electron chi connectivity index (χ3n) is 3.59. The molecule has 0 amide bonds. The zero-order valence-corrected chi connectivity index (χ0v) is 11.3. The van der Waals surface area contributed by atoms with Crippen molar-refractivity contribution in [3.8, 4) is 0 Å². The van der Waals surface area contributed by atoms with Gasteiger partial charge < -0.3 is 5.32 Å². The van der Waals surface area contributed by atoms with Gasteiger partial charge in [0.25, 0.3) is 0 Å². The van der Waals surface area contributed by atoms with Crippen molar-refractivity contribution in [3.63, 3.8) is 0 Å². The van der Waals surface area contributed by atoms with Crippen LogP contribution in [-0.4, -0.2) is 6.54 Å². The van der Waals surface area contributed by atoms with Crippen molar-refractivity contribution in [2.45, 2.75) is 12.8 Å². The number of nitrogens with one attached hydrogen (secondary N) is 1. The molecule has 1 nitrogen and oxygen atoms in total. The molecule has 0 saturated heterocycles. The van der Waals surface area contributed by atoms with Crippen LogP contribution >= 0.6 is 11.6 Å². The molecular formula is C16H15ClFN. The Balaban J connectivity index is 1.73. The molecular weight excluding hydrogens is 261 g/mol. The van der Waals surface area contributed by atoms with Crippen molar-refractivity contribution in [3.05, 3.63) is 64.4 Å². The summed E-state index contributed by atoms with van der Waals surface area (Å²) in [6, 6.07) is 12.7. The molecule has 1 aliphatic heterocycles. The average molecular weight is 276 g/mol. The van der Waals surface area contributed by atoms with Gasteiger partial charge in [-0.3, -0.25) is 0 Å². The quantitative estimate of drug-likeness (QED) is 0.861. The first-order valence-electron chi connectivity index (χ1n) is 6.47. The van der Waals surface area contributed by atoms with E-state index in [1.165, 1.54) is 28.9 Å². The summed E-state index contributed by atoms with van der Waals surface area (Å²) in [4.78, 5) is 0. The number of halogens is 2. The molecule has 1 unspecified atom stereocenters. The van der Waals surface area contributed by atoms with Crippen molar-refractivity contribution in [2.75, 3.05) is 11.9 Å². The van der Waals surface area contributed by atoms with Gasteiger partial charge in [0.15, 0.2) is 0 Å². The maximum atomic E-state index is 12.9. The van der Waals surface area contributed by atoms with Crippen molar-refractivity contribution in [1.29, 1.82) is 0 Å². The number of hydrogen-bond acceptors (Lipinski definition) is 1. The van der Waals surface area contributed by atoms with Crippen LogP contribution in [0, 0.1) is 11.7 Å². The highest BCUT2D eigenvalue weighted by atomic mass is 35.5. The van der Waals surface area contributed by atoms with Crippen LogP contribution in [-0.2, 0) is 12.8 Å². The number of hydrogen-bond donors (Lipinski definition) is 1. The molecule has 0 saturated carbocycles. The normalized spacial score (nSPS) is 17.7. The summed E-state index contributed by atoms with van der Waals surface area (Å²) in [6.07, 6.45) is 1.97. The zero-order valence-electron chi connectivity index (χ0n) is 10.5. The first-order chi connectivity index (χ1) is 9.20. The Morgan fingerprint density at radius 1 is 1.16 bits per heavy atom. The molecule has 19 heavy (non-hydrogen) atoms. The average Bonchev–Trinajstić information content (AvgIpc) is 2.41. The highest BCUT2D eigenvalue weighted by Gasteiger charge is 2.18. The topological polar surface area (TPSA) is 12.0 Å². The second-order valence-corrected chi connectivity index (χ2v) is 5.52. The minimum Gasteiger partial charge on any atom is -0.385 e. The lowest BCUT2D eigenvalue weighted by Gasteiger charge is -2.26. The Morgan fingerprint density at radius 3 is 2.74 bits per heavy atom. The van der Waals surface area contributed by atoms with Crippen LogP contribution in [0.3, 0.4) is 0 Å². The van der Waals surface area contributed by atoms with Crippen molar-refractivity contribution < 1.29 is 4.39 Å². The fraction of sp³-hybridized carbons (Fsp3) is 0.250. The first-order valence-corrected chi connectivity index (χ1v) is 6.85. The van der Waals surface area contributed by atoms with Gasteiger partial charge in [-0.2, -0.15) is 0 Å². The van der Waals surface area contributed by atoms with Gasteiger partial charge in [0.05, 0.1) is 0 Å². The molecule has 3 rings (SSSR count). The van der Waals surface area contributed by atoms with E-state index in [9.17, 15) is 4.39 Å². The van der Waals surface area contributed by atoms with Gasteiger partial charge in [-0.15, -0.1) is 0 Å². The van der Waals surface area contributed by atoms with Crippen LogP contribution in [0.5, 0.6) is 0 Å². The number of rotatable bonds is 2. The fourth-order valence-electron chi connectivity index (χ4n) is 2.64. The first kappa shape index (κ1) is 12.5. The van der Waals surface area contributed by atoms with Crippen LogP contribution in [0.15, 0.2) is 42.5 Å². The molecule has 98 valence electrons. The highest BCUT2D eigenvalue weighted by Crippen LogP contribution is 2.28.